The second-order valence-corrected chi connectivity index (χ2v) is 19.2. The maximum atomic E-state index is 13.9. The van der Waals surface area contributed by atoms with E-state index < -0.39 is 93.0 Å². The van der Waals surface area contributed by atoms with E-state index in [0.717, 1.165) is 66.1 Å². The largest absolute Gasteiger partial charge is 1.00 e. The van der Waals surface area contributed by atoms with Crippen molar-refractivity contribution in [2.75, 3.05) is 13.2 Å². The number of esters is 2. The molecule has 0 spiro atoms. The van der Waals surface area contributed by atoms with Crippen LogP contribution in [0.5, 0.6) is 0 Å². The molecule has 3 N–H and O–H groups in total. The molecule has 9 aromatic rings. The molecule has 0 aliphatic rings. The first kappa shape index (κ1) is 84.2. The summed E-state index contributed by atoms with van der Waals surface area (Å²) in [5, 5.41) is 18.0. The number of alkyl halides is 1. The summed E-state index contributed by atoms with van der Waals surface area (Å²) in [5.41, 5.74) is 0.255. The fraction of sp³-hybridized carbons (Fsp3) is 0.125. The molecule has 3 aromatic heterocycles. The minimum absolute atomic E-state index is 0. The molecule has 16 nitrogen and oxygen atoms in total. The zero-order chi connectivity index (χ0) is 64.1. The van der Waals surface area contributed by atoms with Crippen molar-refractivity contribution in [3.8, 4) is 17.1 Å². The monoisotopic (exact) mass is 1450 g/mol. The molecule has 468 valence electrons. The molecule has 0 radical (unpaired) electrons. The summed E-state index contributed by atoms with van der Waals surface area (Å²) in [4.78, 5) is 57.4. The van der Waals surface area contributed by atoms with Crippen LogP contribution in [0.25, 0.3) is 17.1 Å². The number of thioether (sulfide) groups is 2. The van der Waals surface area contributed by atoms with Crippen LogP contribution < -0.4 is 127 Å². The Morgan fingerprint density at radius 3 is 1.23 bits per heavy atom. The van der Waals surface area contributed by atoms with Gasteiger partial charge in [-0.15, -0.1) is 0 Å². The van der Waals surface area contributed by atoms with Gasteiger partial charge in [0, 0.05) is 56.8 Å². The maximum Gasteiger partial charge on any atom is 1.00 e. The topological polar surface area (TPSA) is 226 Å². The van der Waals surface area contributed by atoms with Crippen molar-refractivity contribution in [2.45, 2.75) is 41.0 Å². The summed E-state index contributed by atoms with van der Waals surface area (Å²) in [7, 11) is 0. The predicted octanol–water partition coefficient (Wildman–Crippen LogP) is 4.55. The molecule has 0 saturated heterocycles. The number of ether oxygens (including phenoxy) is 2. The normalized spacial score (nSPS) is 9.98. The fourth-order valence-corrected chi connectivity index (χ4v) is 9.76. The van der Waals surface area contributed by atoms with Gasteiger partial charge in [0.25, 0.3) is 6.47 Å². The molecule has 35 heteroatoms. The number of carbonyl (C=O) groups is 4. The second kappa shape index (κ2) is 41.8. The van der Waals surface area contributed by atoms with Crippen LogP contribution >= 0.6 is 51.7 Å². The van der Waals surface area contributed by atoms with Crippen molar-refractivity contribution in [3.63, 3.8) is 0 Å². The number of imidazole rings is 3. The van der Waals surface area contributed by atoms with E-state index in [1.165, 1.54) is 74.6 Å². The van der Waals surface area contributed by atoms with Crippen LogP contribution in [0.4, 0.5) is 52.7 Å². The van der Waals surface area contributed by atoms with Gasteiger partial charge in [0.2, 0.25) is 0 Å². The number of aromatic nitrogens is 6. The maximum absolute atomic E-state index is 13.9. The van der Waals surface area contributed by atoms with Gasteiger partial charge in [0.1, 0.15) is 34.9 Å². The molecule has 0 atom stereocenters. The minimum Gasteiger partial charge on any atom is -1.00 e. The van der Waals surface area contributed by atoms with Crippen molar-refractivity contribution < 1.29 is 225 Å². The van der Waals surface area contributed by atoms with E-state index in [1.54, 1.807) is 26.0 Å². The number of halogens is 13. The van der Waals surface area contributed by atoms with Crippen LogP contribution in [0.1, 0.15) is 63.4 Å². The Morgan fingerprint density at radius 1 is 0.571 bits per heavy atom. The van der Waals surface area contributed by atoms with Crippen LogP contribution in [-0.4, -0.2) is 76.8 Å². The fourth-order valence-electron chi connectivity index (χ4n) is 6.99. The van der Waals surface area contributed by atoms with E-state index in [9.17, 15) is 72.2 Å². The van der Waals surface area contributed by atoms with Gasteiger partial charge in [0.15, 0.2) is 67.1 Å². The molecule has 0 fully saturated rings. The third-order valence-electron chi connectivity index (χ3n) is 11.0. The van der Waals surface area contributed by atoms with Gasteiger partial charge in [-0.25, -0.2) is 77.0 Å². The standard InChI is InChI=1S/C19H14F4N2O2S.C17H10F4N2O2S.C12H11FN2O2S.C7H4BrF3.CH2O3.2K.Li.H2O.H/c1-2-27-18(26)16-9-24-19(25(16)12-5-3-11(20)4-6-12)28-10-13-14(21)7-8-15(22)17(13)23;18-9-1-3-10(4-2-9)23-14(16(24)25)7-22-17(23)26-8-11-12(19)5-6-13(20)15(11)21;1-2-17-11(16)10-7-14-12(18)15(10)9-5-3-8(13)4-6-9;8-3-4-5(9)1-2-6(10)7(4)11;2-1-4-3;;;;;/h3-9H,2,10H2,1H3;1-7H,8H2,(H,24,25);3-7H,2H2,1H3,(H,14,18);1-2H,3H2;1,3H;;;;1H2;/q;;;;;3*+1;;-1/p-2. The van der Waals surface area contributed by atoms with E-state index in [4.69, 9.17) is 31.7 Å². The summed E-state index contributed by atoms with van der Waals surface area (Å²) >= 11 is 9.66. The van der Waals surface area contributed by atoms with Gasteiger partial charge in [0.05, 0.1) is 25.6 Å². The SMILES string of the molecule is CCOC(=O)c1c[nH]c(=S)n1-c1ccc(F)cc1.CCOC(=O)c1cnc(SCc2c(F)ccc(F)c2F)n1-c1ccc(F)cc1.Fc1ccc(F)c(CBr)c1F.O=C(O)c1cnc(SCc2c(F)ccc(F)c2F)n1-c1ccc(F)cc1.O=CO[O-].[H-].[K+].[K+].[Li+].[OH-]. The Bertz CT molecular complexity index is 3930. The molecule has 0 unspecified atom stereocenters. The summed E-state index contributed by atoms with van der Waals surface area (Å²) in [6.45, 7) is 3.60. The van der Waals surface area contributed by atoms with Crippen LogP contribution in [0.2, 0.25) is 0 Å². The molecule has 3 heterocycles. The number of rotatable bonds is 16. The Hall–Kier alpha value is -4.82. The van der Waals surface area contributed by atoms with Gasteiger partial charge >= 0.3 is 140 Å². The van der Waals surface area contributed by atoms with E-state index in [0.29, 0.717) is 34.0 Å². The number of carbonyl (C=O) groups excluding carboxylic acids is 3. The number of hydrogen-bond donors (Lipinski definition) is 2. The van der Waals surface area contributed by atoms with Gasteiger partial charge in [-0.1, -0.05) is 39.5 Å². The number of nitrogens with one attached hydrogen (secondary N) is 1. The van der Waals surface area contributed by atoms with E-state index in [2.05, 4.69) is 35.8 Å². The molecular formula is C56H42BrF12K2LiN6O10S3. The molecular weight excluding hydrogens is 1410 g/mol. The third-order valence-corrected chi connectivity index (χ3v) is 13.8. The van der Waals surface area contributed by atoms with E-state index >= 15 is 0 Å². The average Bonchev–Trinajstić information content (AvgIpc) is 2.37. The molecule has 0 saturated carbocycles. The minimum atomic E-state index is -1.31. The van der Waals surface area contributed by atoms with Crippen molar-refractivity contribution in [3.05, 3.63) is 236 Å². The van der Waals surface area contributed by atoms with Crippen molar-refractivity contribution in [1.82, 2.24) is 28.7 Å². The first-order valence-corrected chi connectivity index (χ1v) is 27.7. The molecule has 0 aliphatic heterocycles. The van der Waals surface area contributed by atoms with Gasteiger partial charge in [-0.3, -0.25) is 18.5 Å². The van der Waals surface area contributed by atoms with Crippen LogP contribution in [0.3, 0.4) is 0 Å². The van der Waals surface area contributed by atoms with Crippen LogP contribution in [-0.2, 0) is 36.0 Å². The zero-order valence-corrected chi connectivity index (χ0v) is 58.1. The van der Waals surface area contributed by atoms with Gasteiger partial charge in [-0.05, 0) is 135 Å². The molecule has 6 aromatic carbocycles. The number of H-pyrrole nitrogens is 1. The first-order valence-electron chi connectivity index (χ1n) is 24.2. The number of hydrogen-bond acceptors (Lipinski definition) is 14. The number of carboxylic acids is 1. The van der Waals surface area contributed by atoms with Crippen LogP contribution in [0.15, 0.2) is 138 Å². The molecule has 0 bridgehead atoms. The summed E-state index contributed by atoms with van der Waals surface area (Å²) in [5.74, 6) is -14.0. The Kier molecular flexibility index (Phi) is 38.7. The zero-order valence-electron chi connectivity index (χ0n) is 48.8. The summed E-state index contributed by atoms with van der Waals surface area (Å²) in [6.07, 6.45) is 3.80. The Morgan fingerprint density at radius 2 is 0.890 bits per heavy atom. The number of aromatic amines is 1. The number of aromatic carboxylic acids is 1. The smallest absolute Gasteiger partial charge is 1.00 e. The molecule has 0 amide bonds. The Balaban J connectivity index is 0.00000120. The quantitative estimate of drug-likeness (QED) is 0.0129. The number of benzene rings is 6. The van der Waals surface area contributed by atoms with Crippen molar-refractivity contribution >= 4 is 76.1 Å². The average molecular weight is 1450 g/mol. The first-order chi connectivity index (χ1) is 41.5. The third kappa shape index (κ3) is 23.6. The molecule has 91 heavy (non-hydrogen) atoms. The summed E-state index contributed by atoms with van der Waals surface area (Å²) < 4.78 is 173. The van der Waals surface area contributed by atoms with E-state index in [1.807, 2.05) is 0 Å². The Labute approximate surface area is 629 Å². The van der Waals surface area contributed by atoms with Crippen LogP contribution in [0, 0.1) is 74.6 Å². The predicted molar refractivity (Wildman–Crippen MR) is 298 cm³/mol. The van der Waals surface area contributed by atoms with Gasteiger partial charge < -0.3 is 36.6 Å². The van der Waals surface area contributed by atoms with Crippen molar-refractivity contribution in [2.24, 2.45) is 0 Å². The number of nitrogens with zero attached hydrogens (tertiary/aromatic N) is 5. The van der Waals surface area contributed by atoms with E-state index in [-0.39, 0.29) is 204 Å². The van der Waals surface area contributed by atoms with Gasteiger partial charge in [-0.2, -0.15) is 0 Å². The second-order valence-electron chi connectivity index (χ2n) is 16.4. The molecule has 0 aliphatic carbocycles. The number of carboxylic acid groups (broad SMARTS) is 1. The molecule has 9 rings (SSSR count). The van der Waals surface area contributed by atoms with Crippen molar-refractivity contribution in [1.29, 1.82) is 0 Å². The summed E-state index contributed by atoms with van der Waals surface area (Å²) in [6, 6.07) is 20.6.